The van der Waals surface area contributed by atoms with E-state index in [9.17, 15) is 18.0 Å². The fourth-order valence-electron chi connectivity index (χ4n) is 2.20. The van der Waals surface area contributed by atoms with Crippen molar-refractivity contribution in [2.24, 2.45) is 5.10 Å². The number of alkyl halides is 3. The monoisotopic (exact) mass is 296 g/mol. The maximum Gasteiger partial charge on any atom is 0.449 e. The largest absolute Gasteiger partial charge is 0.449 e. The van der Waals surface area contributed by atoms with Crippen LogP contribution in [0.15, 0.2) is 23.3 Å². The van der Waals surface area contributed by atoms with Crippen molar-refractivity contribution in [2.45, 2.75) is 19.0 Å². The highest BCUT2D eigenvalue weighted by Crippen LogP contribution is 2.29. The van der Waals surface area contributed by atoms with E-state index in [4.69, 9.17) is 0 Å². The third-order valence-electron chi connectivity index (χ3n) is 3.29. The molecule has 8 heteroatoms. The lowest BCUT2D eigenvalue weighted by molar-refractivity contribution is -0.144. The highest BCUT2D eigenvalue weighted by molar-refractivity contribution is 6.05. The lowest BCUT2D eigenvalue weighted by atomic mass is 10.0. The molecule has 5 nitrogen and oxygen atoms in total. The normalized spacial score (nSPS) is 16.5. The molecule has 0 spiro atoms. The molecule has 0 saturated heterocycles. The quantitative estimate of drug-likeness (QED) is 0.879. The number of aromatic nitrogens is 2. The number of hydrazone groups is 1. The van der Waals surface area contributed by atoms with E-state index < -0.39 is 12.0 Å². The summed E-state index contributed by atoms with van der Waals surface area (Å²) in [6.07, 6.45) is -3.70. The van der Waals surface area contributed by atoms with E-state index in [1.165, 1.54) is 11.1 Å². The maximum absolute atomic E-state index is 12.6. The Morgan fingerprint density at radius 2 is 2.05 bits per heavy atom. The summed E-state index contributed by atoms with van der Waals surface area (Å²) in [5.74, 6) is -1.10. The minimum absolute atomic E-state index is 0.0827. The number of benzene rings is 1. The van der Waals surface area contributed by atoms with Gasteiger partial charge in [-0.3, -0.25) is 4.79 Å². The van der Waals surface area contributed by atoms with Gasteiger partial charge in [-0.15, -0.1) is 0 Å². The predicted molar refractivity (Wildman–Crippen MR) is 69.6 cm³/mol. The van der Waals surface area contributed by atoms with Crippen LogP contribution < -0.4 is 0 Å². The number of aromatic amines is 1. The van der Waals surface area contributed by atoms with Crippen LogP contribution >= 0.6 is 0 Å². The van der Waals surface area contributed by atoms with Crippen LogP contribution in [0.3, 0.4) is 0 Å². The van der Waals surface area contributed by atoms with E-state index in [1.54, 1.807) is 19.2 Å². The predicted octanol–water partition coefficient (Wildman–Crippen LogP) is 2.54. The highest BCUT2D eigenvalue weighted by atomic mass is 19.4. The van der Waals surface area contributed by atoms with E-state index in [0.29, 0.717) is 29.6 Å². The summed E-state index contributed by atoms with van der Waals surface area (Å²) in [6, 6.07) is 4.74. The molecule has 0 fully saturated rings. The fourth-order valence-corrected chi connectivity index (χ4v) is 2.20. The molecule has 0 unspecified atom stereocenters. The Hall–Kier alpha value is -2.38. The second kappa shape index (κ2) is 4.57. The van der Waals surface area contributed by atoms with Crippen LogP contribution in [0.1, 0.15) is 24.2 Å². The maximum atomic E-state index is 12.6. The summed E-state index contributed by atoms with van der Waals surface area (Å²) < 4.78 is 37.8. The van der Waals surface area contributed by atoms with Crippen molar-refractivity contribution >= 4 is 22.7 Å². The molecule has 1 N–H and O–H groups in total. The summed E-state index contributed by atoms with van der Waals surface area (Å²) in [6.45, 7) is 0. The van der Waals surface area contributed by atoms with Gasteiger partial charge in [0.25, 0.3) is 0 Å². The molecule has 1 aromatic heterocycles. The molecule has 0 radical (unpaired) electrons. The van der Waals surface area contributed by atoms with E-state index in [0.717, 1.165) is 0 Å². The van der Waals surface area contributed by atoms with Gasteiger partial charge in [0.05, 0.1) is 16.7 Å². The van der Waals surface area contributed by atoms with Gasteiger partial charge >= 0.3 is 6.18 Å². The molecule has 3 rings (SSSR count). The number of imidazole rings is 1. The van der Waals surface area contributed by atoms with Crippen molar-refractivity contribution in [1.82, 2.24) is 15.0 Å². The van der Waals surface area contributed by atoms with Crippen molar-refractivity contribution in [3.05, 3.63) is 29.6 Å². The highest BCUT2D eigenvalue weighted by Gasteiger charge is 2.34. The van der Waals surface area contributed by atoms with Crippen LogP contribution in [-0.2, 0) is 11.0 Å². The molecule has 1 aliphatic heterocycles. The van der Waals surface area contributed by atoms with E-state index >= 15 is 0 Å². The first-order chi connectivity index (χ1) is 9.84. The third-order valence-corrected chi connectivity index (χ3v) is 3.29. The summed E-state index contributed by atoms with van der Waals surface area (Å²) >= 11 is 0. The molecule has 110 valence electrons. The van der Waals surface area contributed by atoms with Crippen molar-refractivity contribution in [3.8, 4) is 0 Å². The number of carbonyl (C=O) groups is 1. The molecular formula is C13H11F3N4O. The number of hydrogen-bond acceptors (Lipinski definition) is 3. The lowest BCUT2D eigenvalue weighted by Crippen LogP contribution is -2.28. The molecule has 0 bridgehead atoms. The standard InChI is InChI=1S/C13H11F3N4O/c1-20-11(21)5-4-8(19-20)7-2-3-9-10(6-7)18-12(17-9)13(14,15)16/h2-3,6H,4-5H2,1H3,(H,17,18). The summed E-state index contributed by atoms with van der Waals surface area (Å²) in [7, 11) is 1.55. The Morgan fingerprint density at radius 3 is 2.71 bits per heavy atom. The molecule has 1 amide bonds. The van der Waals surface area contributed by atoms with Crippen molar-refractivity contribution in [3.63, 3.8) is 0 Å². The molecule has 1 aliphatic rings. The average Bonchev–Trinajstić information content (AvgIpc) is 2.85. The first-order valence-electron chi connectivity index (χ1n) is 6.26. The summed E-state index contributed by atoms with van der Waals surface area (Å²) in [5.41, 5.74) is 1.88. The average molecular weight is 296 g/mol. The Kier molecular flexibility index (Phi) is 2.96. The summed E-state index contributed by atoms with van der Waals surface area (Å²) in [5, 5.41) is 5.39. The fraction of sp³-hybridized carbons (Fsp3) is 0.308. The van der Waals surface area contributed by atoms with E-state index in [1.807, 2.05) is 0 Å². The number of nitrogens with one attached hydrogen (secondary N) is 1. The zero-order valence-corrected chi connectivity index (χ0v) is 11.0. The minimum Gasteiger partial charge on any atom is -0.334 e. The first-order valence-corrected chi connectivity index (χ1v) is 6.26. The van der Waals surface area contributed by atoms with Crippen molar-refractivity contribution in [1.29, 1.82) is 0 Å². The molecular weight excluding hydrogens is 285 g/mol. The van der Waals surface area contributed by atoms with Gasteiger partial charge in [0, 0.05) is 19.9 Å². The minimum atomic E-state index is -4.51. The van der Waals surface area contributed by atoms with Gasteiger partial charge in [-0.1, -0.05) is 6.07 Å². The molecule has 2 aromatic rings. The molecule has 0 aliphatic carbocycles. The number of halogens is 3. The van der Waals surface area contributed by atoms with Gasteiger partial charge in [0.2, 0.25) is 11.7 Å². The van der Waals surface area contributed by atoms with Crippen LogP contribution in [0.2, 0.25) is 0 Å². The zero-order valence-electron chi connectivity index (χ0n) is 11.0. The number of carbonyl (C=O) groups excluding carboxylic acids is 1. The Bertz CT molecular complexity index is 747. The molecule has 0 saturated carbocycles. The number of fused-ring (bicyclic) bond motifs is 1. The second-order valence-corrected chi connectivity index (χ2v) is 4.78. The van der Waals surface area contributed by atoms with Gasteiger partial charge in [-0.05, 0) is 17.7 Å². The first kappa shape index (κ1) is 13.6. The molecule has 1 aromatic carbocycles. The topological polar surface area (TPSA) is 61.4 Å². The Labute approximate surface area is 117 Å². The molecule has 21 heavy (non-hydrogen) atoms. The van der Waals surface area contributed by atoms with Crippen LogP contribution in [0.4, 0.5) is 13.2 Å². The van der Waals surface area contributed by atoms with Crippen LogP contribution in [0.5, 0.6) is 0 Å². The van der Waals surface area contributed by atoms with E-state index in [2.05, 4.69) is 15.1 Å². The third kappa shape index (κ3) is 2.48. The van der Waals surface area contributed by atoms with Gasteiger partial charge in [0.1, 0.15) is 0 Å². The van der Waals surface area contributed by atoms with Gasteiger partial charge in [-0.2, -0.15) is 18.3 Å². The van der Waals surface area contributed by atoms with Crippen LogP contribution in [-0.4, -0.2) is 33.6 Å². The SMILES string of the molecule is CN1N=C(c2ccc3nc(C(F)(F)F)[nH]c3c2)CCC1=O. The van der Waals surface area contributed by atoms with Gasteiger partial charge in [-0.25, -0.2) is 9.99 Å². The van der Waals surface area contributed by atoms with Gasteiger partial charge < -0.3 is 4.98 Å². The smallest absolute Gasteiger partial charge is 0.334 e. The lowest BCUT2D eigenvalue weighted by Gasteiger charge is -2.19. The second-order valence-electron chi connectivity index (χ2n) is 4.78. The van der Waals surface area contributed by atoms with E-state index in [-0.39, 0.29) is 11.4 Å². The van der Waals surface area contributed by atoms with Gasteiger partial charge in [0.15, 0.2) is 0 Å². The van der Waals surface area contributed by atoms with Crippen molar-refractivity contribution < 1.29 is 18.0 Å². The number of H-pyrrole nitrogens is 1. The zero-order chi connectivity index (χ0) is 15.2. The Balaban J connectivity index is 2.02. The number of rotatable bonds is 1. The number of hydrogen-bond donors (Lipinski definition) is 1. The van der Waals surface area contributed by atoms with Crippen LogP contribution in [0.25, 0.3) is 11.0 Å². The molecule has 2 heterocycles. The van der Waals surface area contributed by atoms with Crippen molar-refractivity contribution in [2.75, 3.05) is 7.05 Å². The molecule has 0 atom stereocenters. The Morgan fingerprint density at radius 1 is 1.29 bits per heavy atom. The number of amides is 1. The summed E-state index contributed by atoms with van der Waals surface area (Å²) in [4.78, 5) is 17.2. The van der Waals surface area contributed by atoms with Crippen LogP contribution in [0, 0.1) is 0 Å². The number of nitrogens with zero attached hydrogens (tertiary/aromatic N) is 3.